The van der Waals surface area contributed by atoms with E-state index in [1.54, 1.807) is 0 Å². The first-order valence-corrected chi connectivity index (χ1v) is 4.73. The van der Waals surface area contributed by atoms with Crippen molar-refractivity contribution in [1.82, 2.24) is 20.2 Å². The maximum atomic E-state index is 5.57. The van der Waals surface area contributed by atoms with Crippen molar-refractivity contribution in [3.8, 4) is 11.5 Å². The zero-order valence-corrected chi connectivity index (χ0v) is 8.33. The van der Waals surface area contributed by atoms with E-state index in [-0.39, 0.29) is 12.7 Å². The van der Waals surface area contributed by atoms with Crippen molar-refractivity contribution in [1.29, 1.82) is 0 Å². The molecule has 0 amide bonds. The van der Waals surface area contributed by atoms with E-state index in [1.807, 2.05) is 18.2 Å². The summed E-state index contributed by atoms with van der Waals surface area (Å²) in [5.74, 6) is 1.79. The second-order valence-electron chi connectivity index (χ2n) is 3.38. The van der Waals surface area contributed by atoms with Gasteiger partial charge in [-0.15, -0.1) is 0 Å². The SMILES string of the molecule is Nc1nnnn1Cc1ccc2c(c1)OCO2. The molecule has 1 aliphatic rings. The van der Waals surface area contributed by atoms with Crippen LogP contribution in [0.5, 0.6) is 11.5 Å². The van der Waals surface area contributed by atoms with Crippen LogP contribution in [-0.4, -0.2) is 27.0 Å². The third-order valence-electron chi connectivity index (χ3n) is 2.33. The smallest absolute Gasteiger partial charge is 0.240 e. The van der Waals surface area contributed by atoms with Crippen LogP contribution in [0.15, 0.2) is 18.2 Å². The lowest BCUT2D eigenvalue weighted by molar-refractivity contribution is 0.174. The fraction of sp³-hybridized carbons (Fsp3) is 0.222. The molecule has 0 aliphatic carbocycles. The minimum Gasteiger partial charge on any atom is -0.454 e. The molecule has 0 fully saturated rings. The molecule has 1 aromatic carbocycles. The van der Waals surface area contributed by atoms with Gasteiger partial charge in [0.05, 0.1) is 6.54 Å². The van der Waals surface area contributed by atoms with Crippen molar-refractivity contribution in [3.05, 3.63) is 23.8 Å². The van der Waals surface area contributed by atoms with Crippen LogP contribution >= 0.6 is 0 Å². The summed E-state index contributed by atoms with van der Waals surface area (Å²) in [5, 5.41) is 10.8. The molecule has 82 valence electrons. The molecule has 0 atom stereocenters. The van der Waals surface area contributed by atoms with Gasteiger partial charge in [-0.2, -0.15) is 0 Å². The third kappa shape index (κ3) is 1.42. The Labute approximate surface area is 90.8 Å². The van der Waals surface area contributed by atoms with Crippen LogP contribution in [-0.2, 0) is 6.54 Å². The van der Waals surface area contributed by atoms with E-state index >= 15 is 0 Å². The van der Waals surface area contributed by atoms with E-state index < -0.39 is 0 Å². The Kier molecular flexibility index (Phi) is 1.89. The molecule has 7 heteroatoms. The van der Waals surface area contributed by atoms with Crippen molar-refractivity contribution >= 4 is 5.95 Å². The molecule has 16 heavy (non-hydrogen) atoms. The van der Waals surface area contributed by atoms with Gasteiger partial charge in [0.15, 0.2) is 11.5 Å². The standard InChI is InChI=1S/C9H9N5O2/c10-9-11-12-13-14(9)4-6-1-2-7-8(3-6)16-5-15-7/h1-3H,4-5H2,(H2,10,11,13). The minimum atomic E-state index is 0.270. The van der Waals surface area contributed by atoms with Gasteiger partial charge in [-0.25, -0.2) is 4.68 Å². The van der Waals surface area contributed by atoms with Gasteiger partial charge in [-0.1, -0.05) is 11.2 Å². The molecular weight excluding hydrogens is 210 g/mol. The summed E-state index contributed by atoms with van der Waals surface area (Å²) in [6.45, 7) is 0.779. The van der Waals surface area contributed by atoms with E-state index in [4.69, 9.17) is 15.2 Å². The Bertz CT molecular complexity index is 524. The number of anilines is 1. The Hall–Kier alpha value is -2.31. The van der Waals surface area contributed by atoms with E-state index in [2.05, 4.69) is 15.5 Å². The molecular formula is C9H9N5O2. The molecule has 7 nitrogen and oxygen atoms in total. The lowest BCUT2D eigenvalue weighted by Crippen LogP contribution is -2.06. The lowest BCUT2D eigenvalue weighted by atomic mass is 10.2. The van der Waals surface area contributed by atoms with Gasteiger partial charge in [0.25, 0.3) is 0 Å². The Balaban J connectivity index is 1.88. The maximum Gasteiger partial charge on any atom is 0.240 e. The quantitative estimate of drug-likeness (QED) is 0.766. The highest BCUT2D eigenvalue weighted by atomic mass is 16.7. The number of fused-ring (bicyclic) bond motifs is 1. The molecule has 1 aromatic heterocycles. The van der Waals surface area contributed by atoms with Crippen LogP contribution in [0.2, 0.25) is 0 Å². The zero-order chi connectivity index (χ0) is 11.0. The maximum absolute atomic E-state index is 5.57. The van der Waals surface area contributed by atoms with Gasteiger partial charge < -0.3 is 15.2 Å². The van der Waals surface area contributed by atoms with Crippen LogP contribution in [0.3, 0.4) is 0 Å². The normalized spacial score (nSPS) is 13.0. The van der Waals surface area contributed by atoms with Gasteiger partial charge in [0.2, 0.25) is 12.7 Å². The van der Waals surface area contributed by atoms with Crippen LogP contribution in [0.25, 0.3) is 0 Å². The van der Waals surface area contributed by atoms with Gasteiger partial charge in [0, 0.05) is 0 Å². The van der Waals surface area contributed by atoms with Gasteiger partial charge in [0.1, 0.15) is 0 Å². The fourth-order valence-corrected chi connectivity index (χ4v) is 1.54. The number of rotatable bonds is 2. The third-order valence-corrected chi connectivity index (χ3v) is 2.33. The molecule has 0 radical (unpaired) electrons. The second-order valence-corrected chi connectivity index (χ2v) is 3.38. The number of hydrogen-bond acceptors (Lipinski definition) is 6. The first-order chi connectivity index (χ1) is 7.83. The number of nitrogens with two attached hydrogens (primary N) is 1. The van der Waals surface area contributed by atoms with E-state index in [0.717, 1.165) is 17.1 Å². The molecule has 0 spiro atoms. The number of benzene rings is 1. The number of nitrogens with zero attached hydrogens (tertiary/aromatic N) is 4. The monoisotopic (exact) mass is 219 g/mol. The number of nitrogen functional groups attached to an aromatic ring is 1. The molecule has 3 rings (SSSR count). The molecule has 0 unspecified atom stereocenters. The van der Waals surface area contributed by atoms with Crippen molar-refractivity contribution in [2.24, 2.45) is 0 Å². The molecule has 2 heterocycles. The predicted molar refractivity (Wildman–Crippen MR) is 53.9 cm³/mol. The first kappa shape index (κ1) is 8.96. The first-order valence-electron chi connectivity index (χ1n) is 4.73. The van der Waals surface area contributed by atoms with Crippen LogP contribution in [0, 0.1) is 0 Å². The summed E-state index contributed by atoms with van der Waals surface area (Å²) < 4.78 is 12.0. The summed E-state index contributed by atoms with van der Waals surface area (Å²) in [6.07, 6.45) is 0. The molecule has 0 saturated carbocycles. The van der Waals surface area contributed by atoms with Gasteiger partial charge >= 0.3 is 0 Å². The Morgan fingerprint density at radius 1 is 1.31 bits per heavy atom. The van der Waals surface area contributed by atoms with Crippen LogP contribution < -0.4 is 15.2 Å². The zero-order valence-electron chi connectivity index (χ0n) is 8.33. The van der Waals surface area contributed by atoms with Gasteiger partial charge in [-0.3, -0.25) is 0 Å². The summed E-state index contributed by atoms with van der Waals surface area (Å²) in [5.41, 5.74) is 6.58. The van der Waals surface area contributed by atoms with E-state index in [9.17, 15) is 0 Å². The van der Waals surface area contributed by atoms with Crippen LogP contribution in [0.4, 0.5) is 5.95 Å². The lowest BCUT2D eigenvalue weighted by Gasteiger charge is -2.03. The summed E-state index contributed by atoms with van der Waals surface area (Å²) in [4.78, 5) is 0. The van der Waals surface area contributed by atoms with Gasteiger partial charge in [-0.05, 0) is 28.1 Å². The molecule has 2 N–H and O–H groups in total. The number of ether oxygens (including phenoxy) is 2. The molecule has 1 aliphatic heterocycles. The summed E-state index contributed by atoms with van der Waals surface area (Å²) in [6, 6.07) is 5.68. The predicted octanol–water partition coefficient (Wildman–Crippen LogP) is 0.0323. The Morgan fingerprint density at radius 3 is 3.00 bits per heavy atom. The van der Waals surface area contributed by atoms with Crippen molar-refractivity contribution < 1.29 is 9.47 Å². The number of aromatic nitrogens is 4. The topological polar surface area (TPSA) is 88.1 Å². The molecule has 0 saturated heterocycles. The average Bonchev–Trinajstić information content (AvgIpc) is 2.88. The number of hydrogen-bond donors (Lipinski definition) is 1. The summed E-state index contributed by atoms with van der Waals surface area (Å²) >= 11 is 0. The van der Waals surface area contributed by atoms with Crippen LogP contribution in [0.1, 0.15) is 5.56 Å². The fourth-order valence-electron chi connectivity index (χ4n) is 1.54. The Morgan fingerprint density at radius 2 is 2.19 bits per heavy atom. The second kappa shape index (κ2) is 3.37. The summed E-state index contributed by atoms with van der Waals surface area (Å²) in [7, 11) is 0. The van der Waals surface area contributed by atoms with E-state index in [1.165, 1.54) is 4.68 Å². The van der Waals surface area contributed by atoms with Crippen molar-refractivity contribution in [3.63, 3.8) is 0 Å². The number of tetrazole rings is 1. The minimum absolute atomic E-state index is 0.270. The van der Waals surface area contributed by atoms with Crippen molar-refractivity contribution in [2.45, 2.75) is 6.54 Å². The highest BCUT2D eigenvalue weighted by molar-refractivity contribution is 5.44. The molecule has 2 aromatic rings. The highest BCUT2D eigenvalue weighted by Crippen LogP contribution is 2.32. The van der Waals surface area contributed by atoms with E-state index in [0.29, 0.717) is 6.54 Å². The molecule has 0 bridgehead atoms. The highest BCUT2D eigenvalue weighted by Gasteiger charge is 2.13. The largest absolute Gasteiger partial charge is 0.454 e. The average molecular weight is 219 g/mol. The van der Waals surface area contributed by atoms with Crippen molar-refractivity contribution in [2.75, 3.05) is 12.5 Å².